The average Bonchev–Trinajstić information content (AvgIpc) is 2.49. The van der Waals surface area contributed by atoms with Gasteiger partial charge in [0.15, 0.2) is 0 Å². The monoisotopic (exact) mass is 267 g/mol. The van der Waals surface area contributed by atoms with Crippen molar-refractivity contribution in [3.63, 3.8) is 0 Å². The van der Waals surface area contributed by atoms with Crippen molar-refractivity contribution in [3.8, 4) is 0 Å². The fourth-order valence-electron chi connectivity index (χ4n) is 2.67. The molecule has 2 rings (SSSR count). The van der Waals surface area contributed by atoms with Gasteiger partial charge in [-0.2, -0.15) is 0 Å². The Bertz CT molecular complexity index is 436. The van der Waals surface area contributed by atoms with Crippen LogP contribution in [0.1, 0.15) is 36.3 Å². The van der Waals surface area contributed by atoms with E-state index in [1.165, 1.54) is 36.9 Å². The molecule has 0 bridgehead atoms. The lowest BCUT2D eigenvalue weighted by Crippen LogP contribution is -2.13. The SMILES string of the molecule is CN(C)CCCCC(c1ccccc1)c1ccccc1. The Balaban J connectivity index is 2.06. The summed E-state index contributed by atoms with van der Waals surface area (Å²) in [5, 5.41) is 0. The smallest absolute Gasteiger partial charge is 0.00893 e. The fraction of sp³-hybridized carbons (Fsp3) is 0.368. The van der Waals surface area contributed by atoms with Gasteiger partial charge in [-0.15, -0.1) is 0 Å². The summed E-state index contributed by atoms with van der Waals surface area (Å²) in [6.45, 7) is 1.18. The summed E-state index contributed by atoms with van der Waals surface area (Å²) in [7, 11) is 4.29. The van der Waals surface area contributed by atoms with Gasteiger partial charge in [0, 0.05) is 5.92 Å². The summed E-state index contributed by atoms with van der Waals surface area (Å²) < 4.78 is 0. The van der Waals surface area contributed by atoms with Gasteiger partial charge in [0.1, 0.15) is 0 Å². The zero-order valence-corrected chi connectivity index (χ0v) is 12.6. The first-order chi connectivity index (χ1) is 9.77. The normalized spacial score (nSPS) is 11.2. The maximum absolute atomic E-state index is 2.26. The molecule has 1 nitrogen and oxygen atoms in total. The molecule has 0 aliphatic heterocycles. The topological polar surface area (TPSA) is 3.24 Å². The van der Waals surface area contributed by atoms with E-state index in [0.717, 1.165) is 0 Å². The number of hydrogen-bond acceptors (Lipinski definition) is 1. The molecule has 0 aliphatic carbocycles. The Hall–Kier alpha value is -1.60. The van der Waals surface area contributed by atoms with Gasteiger partial charge < -0.3 is 4.90 Å². The first kappa shape index (κ1) is 14.8. The minimum absolute atomic E-state index is 0.527. The maximum atomic E-state index is 2.26. The van der Waals surface area contributed by atoms with Crippen LogP contribution < -0.4 is 0 Å². The molecule has 0 saturated carbocycles. The van der Waals surface area contributed by atoms with Crippen molar-refractivity contribution < 1.29 is 0 Å². The van der Waals surface area contributed by atoms with Crippen LogP contribution in [0.15, 0.2) is 60.7 Å². The third-order valence-electron chi connectivity index (χ3n) is 3.75. The van der Waals surface area contributed by atoms with Crippen LogP contribution in [0.2, 0.25) is 0 Å². The van der Waals surface area contributed by atoms with Crippen molar-refractivity contribution >= 4 is 0 Å². The molecule has 2 aromatic rings. The molecular weight excluding hydrogens is 242 g/mol. The summed E-state index contributed by atoms with van der Waals surface area (Å²) >= 11 is 0. The average molecular weight is 267 g/mol. The van der Waals surface area contributed by atoms with Crippen LogP contribution in [0.4, 0.5) is 0 Å². The minimum atomic E-state index is 0.527. The van der Waals surface area contributed by atoms with Crippen molar-refractivity contribution in [2.24, 2.45) is 0 Å². The van der Waals surface area contributed by atoms with E-state index in [1.54, 1.807) is 0 Å². The number of unbranched alkanes of at least 4 members (excludes halogenated alkanes) is 1. The first-order valence-electron chi connectivity index (χ1n) is 7.52. The van der Waals surface area contributed by atoms with Crippen LogP contribution in [0.3, 0.4) is 0 Å². The minimum Gasteiger partial charge on any atom is -0.309 e. The third kappa shape index (κ3) is 4.50. The van der Waals surface area contributed by atoms with Gasteiger partial charge in [0.2, 0.25) is 0 Å². The molecule has 0 saturated heterocycles. The van der Waals surface area contributed by atoms with Crippen LogP contribution in [0.5, 0.6) is 0 Å². The quantitative estimate of drug-likeness (QED) is 0.665. The highest BCUT2D eigenvalue weighted by Crippen LogP contribution is 2.29. The lowest BCUT2D eigenvalue weighted by atomic mass is 9.87. The molecule has 0 N–H and O–H groups in total. The van der Waals surface area contributed by atoms with E-state index in [4.69, 9.17) is 0 Å². The molecule has 0 aliphatic rings. The van der Waals surface area contributed by atoms with Gasteiger partial charge in [-0.05, 0) is 44.6 Å². The van der Waals surface area contributed by atoms with Crippen LogP contribution in [-0.4, -0.2) is 25.5 Å². The molecule has 2 aromatic carbocycles. The van der Waals surface area contributed by atoms with E-state index < -0.39 is 0 Å². The predicted octanol–water partition coefficient (Wildman–Crippen LogP) is 4.55. The number of nitrogens with zero attached hydrogens (tertiary/aromatic N) is 1. The van der Waals surface area contributed by atoms with Crippen molar-refractivity contribution in [1.29, 1.82) is 0 Å². The van der Waals surface area contributed by atoms with Crippen LogP contribution in [0, 0.1) is 0 Å². The Morgan fingerprint density at radius 3 is 1.70 bits per heavy atom. The molecule has 0 spiro atoms. The van der Waals surface area contributed by atoms with Crippen molar-refractivity contribution in [2.75, 3.05) is 20.6 Å². The van der Waals surface area contributed by atoms with E-state index in [1.807, 2.05) is 0 Å². The van der Waals surface area contributed by atoms with Crippen LogP contribution in [-0.2, 0) is 0 Å². The van der Waals surface area contributed by atoms with E-state index in [-0.39, 0.29) is 0 Å². The molecule has 0 amide bonds. The largest absolute Gasteiger partial charge is 0.309 e. The second-order valence-corrected chi connectivity index (χ2v) is 5.67. The highest BCUT2D eigenvalue weighted by molar-refractivity contribution is 5.32. The number of benzene rings is 2. The predicted molar refractivity (Wildman–Crippen MR) is 87.1 cm³/mol. The molecule has 0 fully saturated rings. The van der Waals surface area contributed by atoms with Gasteiger partial charge in [0.25, 0.3) is 0 Å². The molecule has 106 valence electrons. The van der Waals surface area contributed by atoms with Gasteiger partial charge in [0.05, 0.1) is 0 Å². The second kappa shape index (κ2) is 7.86. The summed E-state index contributed by atoms with van der Waals surface area (Å²) in [6.07, 6.45) is 3.76. The van der Waals surface area contributed by atoms with Crippen molar-refractivity contribution in [2.45, 2.75) is 25.2 Å². The van der Waals surface area contributed by atoms with Crippen LogP contribution >= 0.6 is 0 Å². The molecule has 1 heteroatoms. The van der Waals surface area contributed by atoms with Gasteiger partial charge in [-0.25, -0.2) is 0 Å². The first-order valence-corrected chi connectivity index (χ1v) is 7.52. The Kier molecular flexibility index (Phi) is 5.82. The molecule has 20 heavy (non-hydrogen) atoms. The maximum Gasteiger partial charge on any atom is 0.00893 e. The molecule has 0 aromatic heterocycles. The van der Waals surface area contributed by atoms with Gasteiger partial charge >= 0.3 is 0 Å². The highest BCUT2D eigenvalue weighted by Gasteiger charge is 2.13. The van der Waals surface area contributed by atoms with E-state index in [9.17, 15) is 0 Å². The summed E-state index contributed by atoms with van der Waals surface area (Å²) in [5.41, 5.74) is 2.87. The summed E-state index contributed by atoms with van der Waals surface area (Å²) in [6, 6.07) is 21.8. The molecule has 0 atom stereocenters. The summed E-state index contributed by atoms with van der Waals surface area (Å²) in [4.78, 5) is 2.26. The molecule has 0 unspecified atom stereocenters. The van der Waals surface area contributed by atoms with E-state index in [2.05, 4.69) is 79.7 Å². The Morgan fingerprint density at radius 1 is 0.750 bits per heavy atom. The second-order valence-electron chi connectivity index (χ2n) is 5.67. The zero-order chi connectivity index (χ0) is 14.2. The van der Waals surface area contributed by atoms with Crippen LogP contribution in [0.25, 0.3) is 0 Å². The zero-order valence-electron chi connectivity index (χ0n) is 12.6. The number of rotatable bonds is 7. The lowest BCUT2D eigenvalue weighted by molar-refractivity contribution is 0.389. The lowest BCUT2D eigenvalue weighted by Gasteiger charge is -2.18. The Morgan fingerprint density at radius 2 is 1.25 bits per heavy atom. The summed E-state index contributed by atoms with van der Waals surface area (Å²) in [5.74, 6) is 0.527. The van der Waals surface area contributed by atoms with Gasteiger partial charge in [-0.3, -0.25) is 0 Å². The highest BCUT2D eigenvalue weighted by atomic mass is 15.0. The van der Waals surface area contributed by atoms with Gasteiger partial charge in [-0.1, -0.05) is 67.1 Å². The number of hydrogen-bond donors (Lipinski definition) is 0. The molecule has 0 heterocycles. The molecular formula is C19H25N. The van der Waals surface area contributed by atoms with E-state index in [0.29, 0.717) is 5.92 Å². The van der Waals surface area contributed by atoms with Crippen molar-refractivity contribution in [1.82, 2.24) is 4.90 Å². The third-order valence-corrected chi connectivity index (χ3v) is 3.75. The Labute approximate surface area is 123 Å². The van der Waals surface area contributed by atoms with E-state index >= 15 is 0 Å². The van der Waals surface area contributed by atoms with Crippen molar-refractivity contribution in [3.05, 3.63) is 71.8 Å². The molecule has 0 radical (unpaired) electrons. The standard InChI is InChI=1S/C19H25N/c1-20(2)16-10-9-15-19(17-11-5-3-6-12-17)18-13-7-4-8-14-18/h3-8,11-14,19H,9-10,15-16H2,1-2H3. The fourth-order valence-corrected chi connectivity index (χ4v) is 2.67.